The van der Waals surface area contributed by atoms with Gasteiger partial charge in [0.1, 0.15) is 36.6 Å². The molecule has 4 nitrogen and oxygen atoms in total. The second-order valence-electron chi connectivity index (χ2n) is 10.5. The summed E-state index contributed by atoms with van der Waals surface area (Å²) in [7, 11) is 1.72. The van der Waals surface area contributed by atoms with Crippen LogP contribution in [0.5, 0.6) is 17.2 Å². The number of ether oxygens (including phenoxy) is 4. The number of hydrogen-bond donors (Lipinski definition) is 0. The lowest BCUT2D eigenvalue weighted by molar-refractivity contribution is 0.0977. The zero-order valence-electron chi connectivity index (χ0n) is 22.3. The van der Waals surface area contributed by atoms with Crippen molar-refractivity contribution in [1.29, 1.82) is 0 Å². The Labute approximate surface area is 230 Å². The minimum absolute atomic E-state index is 0.0587. The van der Waals surface area contributed by atoms with Gasteiger partial charge in [0.2, 0.25) is 0 Å². The Hall–Kier alpha value is -4.02. The van der Waals surface area contributed by atoms with E-state index in [-0.39, 0.29) is 6.10 Å². The molecule has 1 aliphatic carbocycles. The van der Waals surface area contributed by atoms with Gasteiger partial charge in [-0.05, 0) is 59.7 Å². The van der Waals surface area contributed by atoms with Gasteiger partial charge in [-0.1, -0.05) is 84.9 Å². The zero-order chi connectivity index (χ0) is 26.6. The quantitative estimate of drug-likeness (QED) is 0.209. The predicted molar refractivity (Wildman–Crippen MR) is 153 cm³/mol. The van der Waals surface area contributed by atoms with Crippen molar-refractivity contribution in [2.24, 2.45) is 5.92 Å². The molecular formula is C35H34O4. The van der Waals surface area contributed by atoms with E-state index < -0.39 is 0 Å². The van der Waals surface area contributed by atoms with E-state index in [2.05, 4.69) is 55.1 Å². The number of methoxy groups -OCH3 is 1. The Morgan fingerprint density at radius 2 is 1.38 bits per heavy atom. The first kappa shape index (κ1) is 25.3. The molecule has 0 bridgehead atoms. The van der Waals surface area contributed by atoms with Crippen LogP contribution in [0.15, 0.2) is 109 Å². The third-order valence-corrected chi connectivity index (χ3v) is 7.76. The largest absolute Gasteiger partial charge is 0.489 e. The Kier molecular flexibility index (Phi) is 7.38. The summed E-state index contributed by atoms with van der Waals surface area (Å²) in [6.45, 7) is 5.90. The zero-order valence-corrected chi connectivity index (χ0v) is 22.3. The highest BCUT2D eigenvalue weighted by Gasteiger charge is 2.44. The number of hydrogen-bond acceptors (Lipinski definition) is 4. The summed E-state index contributed by atoms with van der Waals surface area (Å²) in [6.07, 6.45) is 1.86. The average molecular weight is 519 g/mol. The molecule has 0 unspecified atom stereocenters. The van der Waals surface area contributed by atoms with Crippen molar-refractivity contribution in [1.82, 2.24) is 0 Å². The summed E-state index contributed by atoms with van der Waals surface area (Å²) in [5.41, 5.74) is 6.95. The highest BCUT2D eigenvalue weighted by atomic mass is 16.5. The molecule has 1 aliphatic heterocycles. The molecule has 1 heterocycles. The normalized spacial score (nSPS) is 19.6. The Morgan fingerprint density at radius 3 is 2.03 bits per heavy atom. The molecule has 0 radical (unpaired) electrons. The van der Waals surface area contributed by atoms with Gasteiger partial charge in [0, 0.05) is 24.2 Å². The third-order valence-electron chi connectivity index (χ3n) is 7.76. The molecule has 2 aliphatic rings. The lowest BCUT2D eigenvalue weighted by Crippen LogP contribution is -2.27. The lowest BCUT2D eigenvalue weighted by Gasteiger charge is -2.37. The van der Waals surface area contributed by atoms with E-state index >= 15 is 0 Å². The van der Waals surface area contributed by atoms with Crippen LogP contribution in [0, 0.1) is 5.92 Å². The number of allylic oxidation sites excluding steroid dienone is 1. The van der Waals surface area contributed by atoms with E-state index in [1.165, 1.54) is 11.1 Å². The smallest absolute Gasteiger partial charge is 0.129 e. The Bertz CT molecular complexity index is 1410. The predicted octanol–water partition coefficient (Wildman–Crippen LogP) is 8.17. The maximum absolute atomic E-state index is 6.83. The minimum Gasteiger partial charge on any atom is -0.489 e. The van der Waals surface area contributed by atoms with Gasteiger partial charge >= 0.3 is 0 Å². The van der Waals surface area contributed by atoms with Gasteiger partial charge in [-0.15, -0.1) is 0 Å². The fraction of sp³-hybridized carbons (Fsp3) is 0.257. The SMILES string of the molecule is C=C1C[C@@H]2[C@H](C1)c1cc(OCc3ccccc3)cc(COC)c1O[C@@H]2c1ccc(OCc2ccccc2)cc1. The van der Waals surface area contributed by atoms with E-state index in [0.29, 0.717) is 31.7 Å². The van der Waals surface area contributed by atoms with Crippen LogP contribution in [-0.4, -0.2) is 7.11 Å². The molecule has 6 rings (SSSR count). The molecule has 0 saturated heterocycles. The van der Waals surface area contributed by atoms with Crippen LogP contribution in [-0.2, 0) is 24.6 Å². The van der Waals surface area contributed by atoms with Crippen LogP contribution >= 0.6 is 0 Å². The van der Waals surface area contributed by atoms with Gasteiger partial charge in [0.25, 0.3) is 0 Å². The first-order valence-electron chi connectivity index (χ1n) is 13.6. The summed E-state index contributed by atoms with van der Waals surface area (Å²) in [6, 6.07) is 33.1. The maximum atomic E-state index is 6.83. The van der Waals surface area contributed by atoms with Gasteiger partial charge in [-0.2, -0.15) is 0 Å². The molecule has 1 fully saturated rings. The topological polar surface area (TPSA) is 36.9 Å². The maximum Gasteiger partial charge on any atom is 0.129 e. The van der Waals surface area contributed by atoms with Gasteiger partial charge in [-0.3, -0.25) is 0 Å². The molecule has 3 atom stereocenters. The first-order valence-corrected chi connectivity index (χ1v) is 13.6. The van der Waals surface area contributed by atoms with E-state index in [4.69, 9.17) is 18.9 Å². The van der Waals surface area contributed by atoms with E-state index in [0.717, 1.165) is 52.3 Å². The standard InChI is InChI=1S/C35H34O4/c1-24-17-31-32(18-24)34(27-13-15-29(16-14-27)37-21-25-9-5-3-6-10-25)39-35-28(23-36-2)19-30(20-33(31)35)38-22-26-11-7-4-8-12-26/h3-16,19-20,31-32,34H,1,17-18,21-23H2,2H3/t31-,32+,34+/m0/s1. The molecule has 0 aromatic heterocycles. The van der Waals surface area contributed by atoms with E-state index in [9.17, 15) is 0 Å². The second kappa shape index (κ2) is 11.4. The highest BCUT2D eigenvalue weighted by molar-refractivity contribution is 5.52. The third kappa shape index (κ3) is 5.57. The van der Waals surface area contributed by atoms with Crippen LogP contribution in [0.4, 0.5) is 0 Å². The minimum atomic E-state index is -0.0587. The van der Waals surface area contributed by atoms with Crippen molar-refractivity contribution in [3.05, 3.63) is 137 Å². The van der Waals surface area contributed by atoms with Crippen LogP contribution in [0.2, 0.25) is 0 Å². The van der Waals surface area contributed by atoms with Gasteiger partial charge in [0.05, 0.1) is 6.61 Å². The van der Waals surface area contributed by atoms with Crippen LogP contribution in [0.25, 0.3) is 0 Å². The van der Waals surface area contributed by atoms with Gasteiger partial charge in [-0.25, -0.2) is 0 Å². The van der Waals surface area contributed by atoms with Gasteiger partial charge < -0.3 is 18.9 Å². The lowest BCUT2D eigenvalue weighted by atomic mass is 9.79. The van der Waals surface area contributed by atoms with Crippen molar-refractivity contribution in [3.63, 3.8) is 0 Å². The molecule has 0 amide bonds. The molecule has 0 spiro atoms. The summed E-state index contributed by atoms with van der Waals surface area (Å²) in [4.78, 5) is 0. The van der Waals surface area contributed by atoms with Crippen LogP contribution in [0.3, 0.4) is 0 Å². The van der Waals surface area contributed by atoms with E-state index in [1.807, 2.05) is 48.5 Å². The monoisotopic (exact) mass is 518 g/mol. The van der Waals surface area contributed by atoms with E-state index in [1.54, 1.807) is 7.11 Å². The number of fused-ring (bicyclic) bond motifs is 3. The van der Waals surface area contributed by atoms with Crippen LogP contribution < -0.4 is 14.2 Å². The molecule has 4 heteroatoms. The summed E-state index contributed by atoms with van der Waals surface area (Å²) < 4.78 is 24.7. The average Bonchev–Trinajstić information content (AvgIpc) is 3.38. The fourth-order valence-electron chi connectivity index (χ4n) is 5.89. The molecular weight excluding hydrogens is 484 g/mol. The molecule has 39 heavy (non-hydrogen) atoms. The van der Waals surface area contributed by atoms with Crippen molar-refractivity contribution < 1.29 is 18.9 Å². The van der Waals surface area contributed by atoms with Crippen molar-refractivity contribution in [3.8, 4) is 17.2 Å². The molecule has 1 saturated carbocycles. The Morgan fingerprint density at radius 1 is 0.744 bits per heavy atom. The first-order chi connectivity index (χ1) is 19.2. The van der Waals surface area contributed by atoms with Crippen molar-refractivity contribution in [2.45, 2.75) is 44.7 Å². The summed E-state index contributed by atoms with van der Waals surface area (Å²) in [5.74, 6) is 3.28. The summed E-state index contributed by atoms with van der Waals surface area (Å²) in [5, 5.41) is 0. The number of rotatable bonds is 9. The molecule has 4 aromatic carbocycles. The van der Waals surface area contributed by atoms with Crippen molar-refractivity contribution in [2.75, 3.05) is 7.11 Å². The second-order valence-corrected chi connectivity index (χ2v) is 10.5. The number of benzene rings is 4. The highest BCUT2D eigenvalue weighted by Crippen LogP contribution is 2.56. The molecule has 198 valence electrons. The summed E-state index contributed by atoms with van der Waals surface area (Å²) >= 11 is 0. The van der Waals surface area contributed by atoms with Gasteiger partial charge in [0.15, 0.2) is 0 Å². The van der Waals surface area contributed by atoms with Crippen LogP contribution in [0.1, 0.15) is 52.7 Å². The van der Waals surface area contributed by atoms with Crippen molar-refractivity contribution >= 4 is 0 Å². The molecule has 4 aromatic rings. The fourth-order valence-corrected chi connectivity index (χ4v) is 5.89. The Balaban J connectivity index is 1.26. The molecule has 0 N–H and O–H groups in total.